The van der Waals surface area contributed by atoms with Crippen LogP contribution in [0.2, 0.25) is 0 Å². The van der Waals surface area contributed by atoms with Crippen LogP contribution in [0.1, 0.15) is 5.82 Å². The topological polar surface area (TPSA) is 92.4 Å². The van der Waals surface area contributed by atoms with E-state index in [0.717, 1.165) is 5.82 Å². The Morgan fingerprint density at radius 2 is 1.93 bits per heavy atom. The van der Waals surface area contributed by atoms with Crippen LogP contribution in [0.5, 0.6) is 0 Å². The lowest BCUT2D eigenvalue weighted by atomic mass is 10.6. The second-order valence-corrected chi connectivity index (χ2v) is 2.92. The van der Waals surface area contributed by atoms with Crippen molar-refractivity contribution in [3.63, 3.8) is 0 Å². The molecule has 0 fully saturated rings. The fourth-order valence-electron chi connectivity index (χ4n) is 0.637. The monoisotopic (exact) mass is 218 g/mol. The zero-order chi connectivity index (χ0) is 11.2. The molecule has 0 aliphatic rings. The average Bonchev–Trinajstić information content (AvgIpc) is 2.47. The number of hydrogen-bond acceptors (Lipinski definition) is 3. The molecule has 1 heterocycles. The Hall–Kier alpha value is -1.44. The van der Waals surface area contributed by atoms with Gasteiger partial charge in [-0.25, -0.2) is 4.98 Å². The molecular weight excluding hydrogens is 208 g/mol. The van der Waals surface area contributed by atoms with Gasteiger partial charge in [0.2, 0.25) is 0 Å². The van der Waals surface area contributed by atoms with E-state index in [9.17, 15) is 0 Å². The zero-order valence-corrected chi connectivity index (χ0v) is 8.05. The standard InChI is InChI=1S/C7H8N2.H2O4S/c1-3-7-8-5-6-9(7)4-2;1-5(2,3)4/h3-6H,1-2H2;(H2,1,2,3,4). The molecule has 0 amide bonds. The summed E-state index contributed by atoms with van der Waals surface area (Å²) >= 11 is 0. The number of hydrogen-bond donors (Lipinski definition) is 2. The summed E-state index contributed by atoms with van der Waals surface area (Å²) in [5.41, 5.74) is 0. The van der Waals surface area contributed by atoms with Crippen molar-refractivity contribution >= 4 is 22.7 Å². The minimum absolute atomic E-state index is 0.824. The van der Waals surface area contributed by atoms with Crippen molar-refractivity contribution < 1.29 is 17.5 Å². The fourth-order valence-corrected chi connectivity index (χ4v) is 0.637. The van der Waals surface area contributed by atoms with Crippen molar-refractivity contribution in [3.05, 3.63) is 31.4 Å². The Kier molecular flexibility index (Phi) is 4.78. The van der Waals surface area contributed by atoms with Crippen LogP contribution in [0, 0.1) is 0 Å². The van der Waals surface area contributed by atoms with Crippen LogP contribution >= 0.6 is 0 Å². The first kappa shape index (κ1) is 12.6. The van der Waals surface area contributed by atoms with Crippen molar-refractivity contribution in [2.45, 2.75) is 0 Å². The molecule has 0 radical (unpaired) electrons. The molecule has 1 aromatic heterocycles. The Morgan fingerprint density at radius 1 is 1.43 bits per heavy atom. The highest BCUT2D eigenvalue weighted by molar-refractivity contribution is 7.79. The van der Waals surface area contributed by atoms with Gasteiger partial charge in [-0.3, -0.25) is 9.11 Å². The van der Waals surface area contributed by atoms with Gasteiger partial charge >= 0.3 is 10.4 Å². The van der Waals surface area contributed by atoms with Gasteiger partial charge in [-0.05, 0) is 6.08 Å². The maximum Gasteiger partial charge on any atom is 0.394 e. The molecule has 0 aliphatic heterocycles. The normalized spacial score (nSPS) is 9.86. The summed E-state index contributed by atoms with van der Waals surface area (Å²) in [4.78, 5) is 3.98. The van der Waals surface area contributed by atoms with Crippen LogP contribution in [-0.2, 0) is 10.4 Å². The lowest BCUT2D eigenvalue weighted by Gasteiger charge is -1.91. The predicted molar refractivity (Wildman–Crippen MR) is 52.9 cm³/mol. The largest absolute Gasteiger partial charge is 0.394 e. The molecule has 1 aromatic rings. The van der Waals surface area contributed by atoms with E-state index in [2.05, 4.69) is 18.1 Å². The second-order valence-electron chi connectivity index (χ2n) is 2.03. The number of imidazole rings is 1. The van der Waals surface area contributed by atoms with Crippen molar-refractivity contribution in [2.24, 2.45) is 0 Å². The first-order valence-electron chi connectivity index (χ1n) is 3.36. The van der Waals surface area contributed by atoms with Gasteiger partial charge in [0.15, 0.2) is 0 Å². The van der Waals surface area contributed by atoms with E-state index in [1.54, 1.807) is 23.0 Å². The molecule has 0 unspecified atom stereocenters. The van der Waals surface area contributed by atoms with Crippen molar-refractivity contribution in [1.82, 2.24) is 9.55 Å². The summed E-state index contributed by atoms with van der Waals surface area (Å²) in [5.74, 6) is 0.824. The Morgan fingerprint density at radius 3 is 2.21 bits per heavy atom. The molecule has 0 saturated heterocycles. The molecule has 6 nitrogen and oxygen atoms in total. The molecular formula is C7H10N2O4S. The van der Waals surface area contributed by atoms with E-state index in [-0.39, 0.29) is 0 Å². The van der Waals surface area contributed by atoms with E-state index in [1.165, 1.54) is 0 Å². The van der Waals surface area contributed by atoms with Crippen LogP contribution in [0.3, 0.4) is 0 Å². The molecule has 1 rings (SSSR count). The van der Waals surface area contributed by atoms with Gasteiger partial charge in [0.1, 0.15) is 5.82 Å². The molecule has 0 atom stereocenters. The van der Waals surface area contributed by atoms with Gasteiger partial charge < -0.3 is 4.57 Å². The first-order chi connectivity index (χ1) is 6.38. The summed E-state index contributed by atoms with van der Waals surface area (Å²) in [5, 5.41) is 0. The van der Waals surface area contributed by atoms with Crippen molar-refractivity contribution in [1.29, 1.82) is 0 Å². The van der Waals surface area contributed by atoms with Gasteiger partial charge in [-0.1, -0.05) is 13.2 Å². The van der Waals surface area contributed by atoms with Gasteiger partial charge in [-0.15, -0.1) is 0 Å². The molecule has 2 N–H and O–H groups in total. The van der Waals surface area contributed by atoms with Crippen LogP contribution in [0.15, 0.2) is 25.6 Å². The highest BCUT2D eigenvalue weighted by Crippen LogP contribution is 1.97. The van der Waals surface area contributed by atoms with Crippen LogP contribution < -0.4 is 0 Å². The fraction of sp³-hybridized carbons (Fsp3) is 0. The lowest BCUT2D eigenvalue weighted by Crippen LogP contribution is -1.89. The third kappa shape index (κ3) is 6.12. The predicted octanol–water partition coefficient (Wildman–Crippen LogP) is 0.974. The second kappa shape index (κ2) is 5.32. The third-order valence-electron chi connectivity index (χ3n) is 1.08. The van der Waals surface area contributed by atoms with E-state index in [4.69, 9.17) is 17.5 Å². The van der Waals surface area contributed by atoms with Crippen LogP contribution in [-0.4, -0.2) is 27.1 Å². The maximum absolute atomic E-state index is 8.74. The molecule has 0 bridgehead atoms. The van der Waals surface area contributed by atoms with Crippen LogP contribution in [0.25, 0.3) is 12.3 Å². The zero-order valence-electron chi connectivity index (χ0n) is 7.24. The van der Waals surface area contributed by atoms with E-state index >= 15 is 0 Å². The Labute approximate surface area is 81.8 Å². The maximum atomic E-state index is 8.74. The quantitative estimate of drug-likeness (QED) is 0.721. The van der Waals surface area contributed by atoms with Gasteiger partial charge in [0.25, 0.3) is 0 Å². The molecule has 0 aliphatic carbocycles. The summed E-state index contributed by atoms with van der Waals surface area (Å²) in [6.45, 7) is 7.17. The number of nitrogens with zero attached hydrogens (tertiary/aromatic N) is 2. The molecule has 78 valence electrons. The third-order valence-corrected chi connectivity index (χ3v) is 1.08. The molecule has 0 spiro atoms. The van der Waals surface area contributed by atoms with E-state index in [1.807, 2.05) is 6.20 Å². The summed E-state index contributed by atoms with van der Waals surface area (Å²) in [6, 6.07) is 0. The number of rotatable bonds is 2. The number of aromatic nitrogens is 2. The van der Waals surface area contributed by atoms with Crippen molar-refractivity contribution in [2.75, 3.05) is 0 Å². The molecule has 0 saturated carbocycles. The van der Waals surface area contributed by atoms with Gasteiger partial charge in [-0.2, -0.15) is 8.42 Å². The summed E-state index contributed by atoms with van der Waals surface area (Å²) in [6.07, 6.45) is 6.90. The Balaban J connectivity index is 0.000000292. The summed E-state index contributed by atoms with van der Waals surface area (Å²) < 4.78 is 33.4. The van der Waals surface area contributed by atoms with Gasteiger partial charge in [0, 0.05) is 18.6 Å². The van der Waals surface area contributed by atoms with E-state index in [0.29, 0.717) is 0 Å². The van der Waals surface area contributed by atoms with Crippen LogP contribution in [0.4, 0.5) is 0 Å². The molecule has 14 heavy (non-hydrogen) atoms. The molecule has 7 heteroatoms. The Bertz CT molecular complexity index is 377. The van der Waals surface area contributed by atoms with E-state index < -0.39 is 10.4 Å². The van der Waals surface area contributed by atoms with Gasteiger partial charge in [0.05, 0.1) is 0 Å². The SMILES string of the molecule is C=Cc1nccn1C=C.O=S(=O)(O)O. The molecule has 0 aromatic carbocycles. The average molecular weight is 218 g/mol. The summed E-state index contributed by atoms with van der Waals surface area (Å²) in [7, 11) is -4.67. The lowest BCUT2D eigenvalue weighted by molar-refractivity contribution is 0.381. The van der Waals surface area contributed by atoms with Crippen molar-refractivity contribution in [3.8, 4) is 0 Å². The smallest absolute Gasteiger partial charge is 0.308 e. The first-order valence-corrected chi connectivity index (χ1v) is 4.76. The highest BCUT2D eigenvalue weighted by Gasteiger charge is 1.89. The minimum Gasteiger partial charge on any atom is -0.308 e. The highest BCUT2D eigenvalue weighted by atomic mass is 32.3. The minimum atomic E-state index is -4.67.